The quantitative estimate of drug-likeness (QED) is 0.305. The molecule has 0 atom stereocenters. The maximum absolute atomic E-state index is 9.00. The van der Waals surface area contributed by atoms with Crippen LogP contribution in [0.25, 0.3) is 21.5 Å². The first-order valence-electron chi connectivity index (χ1n) is 8.35. The Hall–Kier alpha value is -2.82. The number of benzene rings is 2. The molecule has 0 amide bonds. The van der Waals surface area contributed by atoms with Crippen molar-refractivity contribution in [1.82, 2.24) is 0 Å². The maximum atomic E-state index is 9.00. The topological polar surface area (TPSA) is 74.6 Å². The van der Waals surface area contributed by atoms with Crippen LogP contribution in [0.1, 0.15) is 13.8 Å². The van der Waals surface area contributed by atoms with Gasteiger partial charge in [-0.1, -0.05) is 12.1 Å². The number of carbonyl (C=O) groups is 2. The zero-order chi connectivity index (χ0) is 21.4. The van der Waals surface area contributed by atoms with Crippen LogP contribution in [0.15, 0.2) is 84.9 Å². The molecule has 0 aliphatic heterocycles. The fraction of sp³-hybridized carbons (Fsp3) is 0.0870. The summed E-state index contributed by atoms with van der Waals surface area (Å²) in [5, 5.41) is 20.2. The molecule has 0 heterocycles. The van der Waals surface area contributed by atoms with Gasteiger partial charge in [-0.15, -0.1) is 59.3 Å². The van der Waals surface area contributed by atoms with Crippen molar-refractivity contribution in [2.75, 3.05) is 0 Å². The number of hydrogen-bond acceptors (Lipinski definition) is 2. The Bertz CT molecular complexity index is 807. The minimum absolute atomic E-state index is 0.833. The minimum Gasteiger partial charge on any atom is -0.168 e. The van der Waals surface area contributed by atoms with Crippen LogP contribution in [0, 0.1) is 0 Å². The van der Waals surface area contributed by atoms with Crippen molar-refractivity contribution in [3.63, 3.8) is 0 Å². The van der Waals surface area contributed by atoms with E-state index >= 15 is 0 Å². The van der Waals surface area contributed by atoms with Gasteiger partial charge in [-0.2, -0.15) is 35.0 Å². The van der Waals surface area contributed by atoms with E-state index in [1.807, 2.05) is 0 Å². The smallest absolute Gasteiger partial charge is 0.0809 e. The van der Waals surface area contributed by atoms with Gasteiger partial charge in [-0.3, -0.25) is 9.59 Å². The van der Waals surface area contributed by atoms with Gasteiger partial charge in [0.2, 0.25) is 0 Å². The summed E-state index contributed by atoms with van der Waals surface area (Å²) in [6.45, 7) is 2.17. The molecule has 4 aromatic carbocycles. The summed E-state index contributed by atoms with van der Waals surface area (Å²) < 4.78 is 0. The summed E-state index contributed by atoms with van der Waals surface area (Å²) in [6, 6.07) is 29.3. The second-order valence-electron chi connectivity index (χ2n) is 5.35. The van der Waals surface area contributed by atoms with Gasteiger partial charge >= 0.3 is 24.8 Å². The van der Waals surface area contributed by atoms with Crippen LogP contribution < -0.4 is 0 Å². The van der Waals surface area contributed by atoms with Crippen molar-refractivity contribution >= 4 is 38.3 Å². The monoisotopic (exact) mass is 412 g/mol. The summed E-state index contributed by atoms with van der Waals surface area (Å²) in [7, 11) is 0. The molecular weight excluding hydrogens is 388 g/mol. The van der Waals surface area contributed by atoms with Crippen LogP contribution >= 0.6 is 0 Å². The van der Waals surface area contributed by atoms with Gasteiger partial charge in [0.05, 0.1) is 0 Å². The van der Waals surface area contributed by atoms with E-state index in [-0.39, 0.29) is 0 Å². The standard InChI is InChI=1S/2C9H7.2C2H4O2.CH2.Ti/c2*1-2-5-9-7-3-6-8(9)4-1;2*1-2(3)4;;/h2*1-7H;2*1H3,(H,3,4);1H2;/q2*-1;;;;+2. The molecule has 144 valence electrons. The van der Waals surface area contributed by atoms with Crippen molar-refractivity contribution in [2.45, 2.75) is 13.8 Å². The Morgan fingerprint density at radius 2 is 1.00 bits per heavy atom. The second-order valence-corrected chi connectivity index (χ2v) is 5.35. The van der Waals surface area contributed by atoms with Gasteiger partial charge in [0, 0.05) is 13.8 Å². The molecule has 4 rings (SSSR count). The van der Waals surface area contributed by atoms with Crippen LogP contribution in [0.3, 0.4) is 0 Å². The van der Waals surface area contributed by atoms with Gasteiger partial charge in [0.1, 0.15) is 0 Å². The SMILES string of the molecule is CC(=O)O.CC(=O)O.[CH2]=[Ti+2].c1ccc2[cH-]ccc2c1.c1ccc2[cH-]ccc2c1. The van der Waals surface area contributed by atoms with Crippen molar-refractivity contribution < 1.29 is 39.8 Å². The van der Waals surface area contributed by atoms with E-state index in [0.717, 1.165) is 13.8 Å². The summed E-state index contributed by atoms with van der Waals surface area (Å²) in [5.74, 6) is -1.67. The average molecular weight is 412 g/mol. The molecule has 0 radical (unpaired) electrons. The third kappa shape index (κ3) is 11.7. The predicted molar refractivity (Wildman–Crippen MR) is 113 cm³/mol. The minimum atomic E-state index is -0.833. The summed E-state index contributed by atoms with van der Waals surface area (Å²) in [4.78, 5) is 21.2. The fourth-order valence-corrected chi connectivity index (χ4v) is 2.14. The Morgan fingerprint density at radius 1 is 0.714 bits per heavy atom. The molecule has 2 N–H and O–H groups in total. The van der Waals surface area contributed by atoms with E-state index in [2.05, 4.69) is 89.7 Å². The van der Waals surface area contributed by atoms with Crippen LogP contribution in [0.5, 0.6) is 0 Å². The van der Waals surface area contributed by atoms with Gasteiger partial charge in [0.25, 0.3) is 11.9 Å². The van der Waals surface area contributed by atoms with E-state index in [0.29, 0.717) is 0 Å². The zero-order valence-electron chi connectivity index (χ0n) is 16.0. The second kappa shape index (κ2) is 15.3. The molecule has 28 heavy (non-hydrogen) atoms. The Kier molecular flexibility index (Phi) is 13.7. The number of hydrogen-bond donors (Lipinski definition) is 2. The maximum Gasteiger partial charge on any atom is -0.0809 e. The van der Waals surface area contributed by atoms with Crippen molar-refractivity contribution in [3.8, 4) is 0 Å². The van der Waals surface area contributed by atoms with E-state index in [1.54, 1.807) is 20.0 Å². The first-order valence-corrected chi connectivity index (χ1v) is 9.46. The van der Waals surface area contributed by atoms with Crippen molar-refractivity contribution in [3.05, 3.63) is 84.9 Å². The Morgan fingerprint density at radius 3 is 1.29 bits per heavy atom. The molecule has 4 nitrogen and oxygen atoms in total. The van der Waals surface area contributed by atoms with Crippen LogP contribution in [-0.2, 0) is 29.6 Å². The van der Waals surface area contributed by atoms with Crippen LogP contribution in [0.2, 0.25) is 0 Å². The Labute approximate surface area is 176 Å². The molecule has 0 bridgehead atoms. The molecular formula is C23H24O4Ti. The van der Waals surface area contributed by atoms with Crippen LogP contribution in [0.4, 0.5) is 0 Å². The molecule has 0 saturated carbocycles. The third-order valence-corrected chi connectivity index (χ3v) is 3.10. The molecule has 5 heteroatoms. The Balaban J connectivity index is 0.000000362. The van der Waals surface area contributed by atoms with E-state index in [1.165, 1.54) is 21.5 Å². The predicted octanol–water partition coefficient (Wildman–Crippen LogP) is 5.26. The van der Waals surface area contributed by atoms with Crippen LogP contribution in [-0.4, -0.2) is 27.0 Å². The zero-order valence-corrected chi connectivity index (χ0v) is 17.6. The van der Waals surface area contributed by atoms with E-state index < -0.39 is 11.9 Å². The average Bonchev–Trinajstić information content (AvgIpc) is 3.32. The first kappa shape index (κ1) is 25.2. The molecule has 0 spiro atoms. The molecule has 0 aromatic heterocycles. The van der Waals surface area contributed by atoms with Crippen molar-refractivity contribution in [1.29, 1.82) is 0 Å². The first-order chi connectivity index (χ1) is 13.4. The number of rotatable bonds is 0. The molecule has 0 aliphatic carbocycles. The third-order valence-electron chi connectivity index (χ3n) is 3.10. The molecule has 4 aromatic rings. The van der Waals surface area contributed by atoms with E-state index in [9.17, 15) is 0 Å². The summed E-state index contributed by atoms with van der Waals surface area (Å²) >= 11 is 1.75. The van der Waals surface area contributed by atoms with Crippen molar-refractivity contribution in [2.24, 2.45) is 0 Å². The van der Waals surface area contributed by atoms with Gasteiger partial charge in [-0.05, 0) is 0 Å². The molecule has 0 aliphatic rings. The van der Waals surface area contributed by atoms with Gasteiger partial charge in [0.15, 0.2) is 0 Å². The normalized spacial score (nSPS) is 8.57. The summed E-state index contributed by atoms with van der Waals surface area (Å²) in [5.41, 5.74) is 0. The molecule has 0 fully saturated rings. The van der Waals surface area contributed by atoms with E-state index in [4.69, 9.17) is 19.8 Å². The summed E-state index contributed by atoms with van der Waals surface area (Å²) in [6.07, 6.45) is 0. The number of aliphatic carboxylic acids is 2. The number of carboxylic acids is 2. The largest absolute Gasteiger partial charge is 0.168 e. The molecule has 0 saturated heterocycles. The van der Waals surface area contributed by atoms with Gasteiger partial charge in [-0.25, -0.2) is 0 Å². The number of fused-ring (bicyclic) bond motifs is 2. The number of carboxylic acid groups (broad SMARTS) is 2. The fourth-order valence-electron chi connectivity index (χ4n) is 2.14. The van der Waals surface area contributed by atoms with Gasteiger partial charge < -0.3 is 10.2 Å². The molecule has 0 unspecified atom stereocenters.